The van der Waals surface area contributed by atoms with Crippen LogP contribution in [-0.4, -0.2) is 27.7 Å². The van der Waals surface area contributed by atoms with Gasteiger partial charge in [0.1, 0.15) is 12.4 Å². The van der Waals surface area contributed by atoms with Gasteiger partial charge in [0.15, 0.2) is 11.5 Å². The molecule has 9 heteroatoms. The molecule has 0 bridgehead atoms. The molecule has 0 unspecified atom stereocenters. The van der Waals surface area contributed by atoms with Crippen molar-refractivity contribution in [2.24, 2.45) is 0 Å². The maximum Gasteiger partial charge on any atom is 0.263 e. The molecule has 7 nitrogen and oxygen atoms in total. The number of halogens is 2. The van der Waals surface area contributed by atoms with Crippen molar-refractivity contribution in [3.05, 3.63) is 58.4 Å². The number of ether oxygens (including phenoxy) is 2. The van der Waals surface area contributed by atoms with Gasteiger partial charge in [-0.15, -0.1) is 5.10 Å². The first-order chi connectivity index (χ1) is 12.2. The van der Waals surface area contributed by atoms with Gasteiger partial charge in [-0.1, -0.05) is 34.9 Å². The molecular weight excluding hydrogens is 349 g/mol. The maximum atomic E-state index is 13.9. The predicted molar refractivity (Wildman–Crippen MR) is 90.2 cm³/mol. The van der Waals surface area contributed by atoms with Crippen LogP contribution in [0.4, 0.5) is 10.3 Å². The smallest absolute Gasteiger partial charge is 0.263 e. The Balaban J connectivity index is 1.81. The van der Waals surface area contributed by atoms with Gasteiger partial charge in [-0.25, -0.2) is 4.39 Å². The average Bonchev–Trinajstić information content (AvgIpc) is 3.13. The summed E-state index contributed by atoms with van der Waals surface area (Å²) in [5, 5.41) is 16.8. The molecule has 3 aromatic rings. The summed E-state index contributed by atoms with van der Waals surface area (Å²) >= 11 is 6.05. The molecule has 0 spiro atoms. The van der Waals surface area contributed by atoms with Crippen molar-refractivity contribution in [2.75, 3.05) is 12.4 Å². The third kappa shape index (κ3) is 3.97. The van der Waals surface area contributed by atoms with Gasteiger partial charge in [0.05, 0.1) is 12.1 Å². The lowest BCUT2D eigenvalue weighted by molar-refractivity contribution is 0.277. The number of nitrogens with zero attached hydrogens (tertiary/aromatic N) is 3. The Labute approximate surface area is 148 Å². The second-order valence-electron chi connectivity index (χ2n) is 5.03. The summed E-state index contributed by atoms with van der Waals surface area (Å²) in [6, 6.07) is 9.94. The minimum Gasteiger partial charge on any atom is -0.493 e. The van der Waals surface area contributed by atoms with Crippen LogP contribution in [-0.2, 0) is 13.2 Å². The fourth-order valence-corrected chi connectivity index (χ4v) is 2.47. The molecular formula is C16H15ClFN5O2. The fourth-order valence-electron chi connectivity index (χ4n) is 2.25. The molecule has 2 N–H and O–H groups in total. The highest BCUT2D eigenvalue weighted by Crippen LogP contribution is 2.33. The van der Waals surface area contributed by atoms with E-state index in [4.69, 9.17) is 21.1 Å². The summed E-state index contributed by atoms with van der Waals surface area (Å²) in [5.74, 6) is 0.944. The van der Waals surface area contributed by atoms with Gasteiger partial charge in [-0.2, -0.15) is 5.21 Å². The number of tetrazole rings is 1. The zero-order chi connectivity index (χ0) is 17.6. The molecule has 0 fully saturated rings. The first-order valence-corrected chi connectivity index (χ1v) is 7.75. The number of aromatic amines is 1. The van der Waals surface area contributed by atoms with Gasteiger partial charge in [0.25, 0.3) is 5.95 Å². The monoisotopic (exact) mass is 363 g/mol. The highest BCUT2D eigenvalue weighted by molar-refractivity contribution is 6.31. The van der Waals surface area contributed by atoms with Crippen molar-refractivity contribution in [1.82, 2.24) is 20.6 Å². The Kier molecular flexibility index (Phi) is 5.30. The number of aromatic nitrogens is 4. The summed E-state index contributed by atoms with van der Waals surface area (Å²) in [5.41, 5.74) is 1.07. The van der Waals surface area contributed by atoms with Gasteiger partial charge >= 0.3 is 0 Å². The first kappa shape index (κ1) is 17.0. The van der Waals surface area contributed by atoms with E-state index in [9.17, 15) is 4.39 Å². The summed E-state index contributed by atoms with van der Waals surface area (Å²) < 4.78 is 25.1. The van der Waals surface area contributed by atoms with Crippen molar-refractivity contribution in [3.8, 4) is 11.5 Å². The molecule has 25 heavy (non-hydrogen) atoms. The number of para-hydroxylation sites is 1. The van der Waals surface area contributed by atoms with E-state index in [1.54, 1.807) is 18.2 Å². The number of rotatable bonds is 7. The fraction of sp³-hybridized carbons (Fsp3) is 0.188. The molecule has 0 saturated heterocycles. The van der Waals surface area contributed by atoms with E-state index < -0.39 is 5.82 Å². The normalized spacial score (nSPS) is 10.5. The standard InChI is InChI=1S/C16H15ClFN5O2/c1-24-14-7-2-4-10(8-19-16-20-22-23-21-16)15(14)25-9-11-12(17)5-3-6-13(11)18/h2-7H,8-9H2,1H3,(H2,19,20,21,22,23). The van der Waals surface area contributed by atoms with Crippen LogP contribution in [0.1, 0.15) is 11.1 Å². The Morgan fingerprint density at radius 1 is 1.24 bits per heavy atom. The Bertz CT molecular complexity index is 824. The number of hydrogen-bond donors (Lipinski definition) is 2. The minimum atomic E-state index is -0.422. The lowest BCUT2D eigenvalue weighted by atomic mass is 10.1. The van der Waals surface area contributed by atoms with Gasteiger partial charge in [-0.3, -0.25) is 0 Å². The Morgan fingerprint density at radius 2 is 2.08 bits per heavy atom. The molecule has 3 rings (SSSR count). The number of nitrogens with one attached hydrogen (secondary N) is 2. The van der Waals surface area contributed by atoms with Crippen LogP contribution in [0, 0.1) is 5.82 Å². The first-order valence-electron chi connectivity index (χ1n) is 7.38. The zero-order valence-corrected chi connectivity index (χ0v) is 14.0. The molecule has 0 aliphatic rings. The summed E-state index contributed by atoms with van der Waals surface area (Å²) in [6.07, 6.45) is 0. The van der Waals surface area contributed by atoms with Crippen LogP contribution >= 0.6 is 11.6 Å². The quantitative estimate of drug-likeness (QED) is 0.670. The molecule has 1 heterocycles. The van der Waals surface area contributed by atoms with Gasteiger partial charge in [0, 0.05) is 17.7 Å². The zero-order valence-electron chi connectivity index (χ0n) is 13.3. The van der Waals surface area contributed by atoms with Crippen LogP contribution in [0.2, 0.25) is 5.02 Å². The highest BCUT2D eigenvalue weighted by Gasteiger charge is 2.14. The lowest BCUT2D eigenvalue weighted by Crippen LogP contribution is -2.07. The second kappa shape index (κ2) is 7.80. The molecule has 0 radical (unpaired) electrons. The van der Waals surface area contributed by atoms with Crippen LogP contribution < -0.4 is 14.8 Å². The number of hydrogen-bond acceptors (Lipinski definition) is 6. The van der Waals surface area contributed by atoms with E-state index in [1.807, 2.05) is 12.1 Å². The molecule has 2 aromatic carbocycles. The van der Waals surface area contributed by atoms with Crippen LogP contribution in [0.15, 0.2) is 36.4 Å². The molecule has 0 aliphatic heterocycles. The topological polar surface area (TPSA) is 85.0 Å². The maximum absolute atomic E-state index is 13.9. The lowest BCUT2D eigenvalue weighted by Gasteiger charge is -2.16. The number of methoxy groups -OCH3 is 1. The Morgan fingerprint density at radius 3 is 2.80 bits per heavy atom. The molecule has 130 valence electrons. The highest BCUT2D eigenvalue weighted by atomic mass is 35.5. The van der Waals surface area contributed by atoms with Gasteiger partial charge < -0.3 is 14.8 Å². The van der Waals surface area contributed by atoms with E-state index >= 15 is 0 Å². The summed E-state index contributed by atoms with van der Waals surface area (Å²) in [7, 11) is 1.54. The van der Waals surface area contributed by atoms with Gasteiger partial charge in [0.2, 0.25) is 0 Å². The third-order valence-corrected chi connectivity index (χ3v) is 3.84. The number of H-pyrrole nitrogens is 1. The number of anilines is 1. The van der Waals surface area contributed by atoms with Crippen LogP contribution in [0.25, 0.3) is 0 Å². The largest absolute Gasteiger partial charge is 0.493 e. The van der Waals surface area contributed by atoms with Crippen LogP contribution in [0.3, 0.4) is 0 Å². The second-order valence-corrected chi connectivity index (χ2v) is 5.43. The van der Waals surface area contributed by atoms with E-state index in [0.29, 0.717) is 29.0 Å². The summed E-state index contributed by atoms with van der Waals surface area (Å²) in [6.45, 7) is 0.345. The van der Waals surface area contributed by atoms with E-state index in [2.05, 4.69) is 25.9 Å². The van der Waals surface area contributed by atoms with E-state index in [0.717, 1.165) is 5.56 Å². The molecule has 0 aliphatic carbocycles. The van der Waals surface area contributed by atoms with Crippen LogP contribution in [0.5, 0.6) is 11.5 Å². The van der Waals surface area contributed by atoms with E-state index in [1.165, 1.54) is 13.2 Å². The van der Waals surface area contributed by atoms with Crippen molar-refractivity contribution in [2.45, 2.75) is 13.2 Å². The average molecular weight is 364 g/mol. The van der Waals surface area contributed by atoms with Crippen molar-refractivity contribution in [3.63, 3.8) is 0 Å². The van der Waals surface area contributed by atoms with Gasteiger partial charge in [-0.05, 0) is 23.4 Å². The van der Waals surface area contributed by atoms with Crippen molar-refractivity contribution < 1.29 is 13.9 Å². The number of benzene rings is 2. The van der Waals surface area contributed by atoms with Crippen molar-refractivity contribution in [1.29, 1.82) is 0 Å². The SMILES string of the molecule is COc1cccc(CNc2nn[nH]n2)c1OCc1c(F)cccc1Cl. The van der Waals surface area contributed by atoms with E-state index in [-0.39, 0.29) is 12.2 Å². The molecule has 0 saturated carbocycles. The third-order valence-electron chi connectivity index (χ3n) is 3.49. The molecule has 0 atom stereocenters. The predicted octanol–water partition coefficient (Wildman–Crippen LogP) is 3.19. The molecule has 0 amide bonds. The minimum absolute atomic E-state index is 0.0267. The van der Waals surface area contributed by atoms with Crippen molar-refractivity contribution >= 4 is 17.5 Å². The Hall–Kier alpha value is -2.87. The molecule has 1 aromatic heterocycles. The summed E-state index contributed by atoms with van der Waals surface area (Å²) in [4.78, 5) is 0.